The first-order valence-electron chi connectivity index (χ1n) is 9.08. The normalized spacial score (nSPS) is 24.3. The lowest BCUT2D eigenvalue weighted by molar-refractivity contribution is -0.136. The maximum absolute atomic E-state index is 12.9. The summed E-state index contributed by atoms with van der Waals surface area (Å²) < 4.78 is 0. The molecule has 1 amide bonds. The largest absolute Gasteiger partial charge is 0.333 e. The fourth-order valence-electron chi connectivity index (χ4n) is 3.92. The van der Waals surface area contributed by atoms with Crippen LogP contribution < -0.4 is 0 Å². The SMILES string of the molecule is CC(C)N1CCC(CC(=O)N2CCCC[C@H]2c2nccs2)CC1. The minimum atomic E-state index is 0.229. The van der Waals surface area contributed by atoms with Gasteiger partial charge in [0.1, 0.15) is 5.01 Å². The van der Waals surface area contributed by atoms with Gasteiger partial charge in [-0.05, 0) is 65.0 Å². The van der Waals surface area contributed by atoms with Gasteiger partial charge in [0.05, 0.1) is 6.04 Å². The molecule has 1 aromatic heterocycles. The van der Waals surface area contributed by atoms with Gasteiger partial charge < -0.3 is 9.80 Å². The highest BCUT2D eigenvalue weighted by molar-refractivity contribution is 7.09. The van der Waals surface area contributed by atoms with Gasteiger partial charge in [0.2, 0.25) is 5.91 Å². The second-order valence-corrected chi connectivity index (χ2v) is 8.17. The van der Waals surface area contributed by atoms with Gasteiger partial charge in [-0.1, -0.05) is 0 Å². The molecule has 0 aliphatic carbocycles. The molecular formula is C18H29N3OS. The maximum Gasteiger partial charge on any atom is 0.223 e. The Morgan fingerprint density at radius 1 is 1.26 bits per heavy atom. The molecule has 5 heteroatoms. The molecule has 0 saturated carbocycles. The number of amides is 1. The van der Waals surface area contributed by atoms with Crippen molar-refractivity contribution in [3.63, 3.8) is 0 Å². The molecular weight excluding hydrogens is 306 g/mol. The number of carbonyl (C=O) groups is 1. The highest BCUT2D eigenvalue weighted by atomic mass is 32.1. The van der Waals surface area contributed by atoms with E-state index in [9.17, 15) is 4.79 Å². The molecule has 2 saturated heterocycles. The summed E-state index contributed by atoms with van der Waals surface area (Å²) >= 11 is 1.69. The first kappa shape index (κ1) is 16.9. The molecule has 0 radical (unpaired) electrons. The lowest BCUT2D eigenvalue weighted by Crippen LogP contribution is -2.42. The molecule has 4 nitrogen and oxygen atoms in total. The molecule has 2 fully saturated rings. The third kappa shape index (κ3) is 4.13. The Balaban J connectivity index is 1.56. The molecule has 0 aromatic carbocycles. The Hall–Kier alpha value is -0.940. The molecule has 128 valence electrons. The third-order valence-corrected chi connectivity index (χ3v) is 6.28. The van der Waals surface area contributed by atoms with Crippen LogP contribution in [-0.2, 0) is 4.79 Å². The van der Waals surface area contributed by atoms with Crippen LogP contribution in [0, 0.1) is 5.92 Å². The molecule has 3 rings (SSSR count). The van der Waals surface area contributed by atoms with Crippen LogP contribution >= 0.6 is 11.3 Å². The summed E-state index contributed by atoms with van der Waals surface area (Å²) in [5, 5.41) is 3.14. The van der Waals surface area contributed by atoms with Gasteiger partial charge in [-0.15, -0.1) is 11.3 Å². The number of rotatable bonds is 4. The van der Waals surface area contributed by atoms with Crippen LogP contribution in [0.1, 0.15) is 63.4 Å². The van der Waals surface area contributed by atoms with E-state index in [1.807, 2.05) is 11.6 Å². The zero-order valence-electron chi connectivity index (χ0n) is 14.4. The van der Waals surface area contributed by atoms with Crippen LogP contribution in [0.5, 0.6) is 0 Å². The number of carbonyl (C=O) groups excluding carboxylic acids is 1. The summed E-state index contributed by atoms with van der Waals surface area (Å²) in [6, 6.07) is 0.857. The molecule has 2 aliphatic rings. The van der Waals surface area contributed by atoms with E-state index in [1.54, 1.807) is 11.3 Å². The number of hydrogen-bond donors (Lipinski definition) is 0. The molecule has 1 atom stereocenters. The van der Waals surface area contributed by atoms with Crippen LogP contribution in [0.25, 0.3) is 0 Å². The van der Waals surface area contributed by atoms with Gasteiger partial charge in [0.25, 0.3) is 0 Å². The standard InChI is InChI=1S/C18H29N3OS/c1-14(2)20-10-6-15(7-11-20)13-17(22)21-9-4-3-5-16(21)18-19-8-12-23-18/h8,12,14-16H,3-7,9-11,13H2,1-2H3/t16-/m0/s1. The Kier molecular flexibility index (Phi) is 5.70. The lowest BCUT2D eigenvalue weighted by Gasteiger charge is -2.38. The van der Waals surface area contributed by atoms with E-state index < -0.39 is 0 Å². The van der Waals surface area contributed by atoms with E-state index in [1.165, 1.54) is 19.3 Å². The summed E-state index contributed by atoms with van der Waals surface area (Å²) in [5.74, 6) is 0.921. The van der Waals surface area contributed by atoms with Crippen molar-refractivity contribution < 1.29 is 4.79 Å². The van der Waals surface area contributed by atoms with Crippen LogP contribution in [-0.4, -0.2) is 46.4 Å². The second kappa shape index (κ2) is 7.75. The van der Waals surface area contributed by atoms with Crippen molar-refractivity contribution in [3.8, 4) is 0 Å². The number of piperidine rings is 2. The van der Waals surface area contributed by atoms with Crippen LogP contribution in [0.3, 0.4) is 0 Å². The average Bonchev–Trinajstić information content (AvgIpc) is 3.09. The molecule has 23 heavy (non-hydrogen) atoms. The van der Waals surface area contributed by atoms with Gasteiger partial charge in [0.15, 0.2) is 0 Å². The number of hydrogen-bond acceptors (Lipinski definition) is 4. The molecule has 2 aliphatic heterocycles. The van der Waals surface area contributed by atoms with Crippen molar-refractivity contribution in [1.82, 2.24) is 14.8 Å². The molecule has 0 bridgehead atoms. The molecule has 1 aromatic rings. The summed E-state index contributed by atoms with van der Waals surface area (Å²) in [5.41, 5.74) is 0. The third-order valence-electron chi connectivity index (χ3n) is 5.40. The maximum atomic E-state index is 12.9. The van der Waals surface area contributed by atoms with Crippen molar-refractivity contribution in [2.24, 2.45) is 5.92 Å². The van der Waals surface area contributed by atoms with Crippen molar-refractivity contribution in [1.29, 1.82) is 0 Å². The summed E-state index contributed by atoms with van der Waals surface area (Å²) in [6.07, 6.45) is 8.34. The predicted octanol–water partition coefficient (Wildman–Crippen LogP) is 3.71. The van der Waals surface area contributed by atoms with E-state index >= 15 is 0 Å². The first-order valence-corrected chi connectivity index (χ1v) is 9.96. The van der Waals surface area contributed by atoms with Crippen LogP contribution in [0.4, 0.5) is 0 Å². The zero-order valence-corrected chi connectivity index (χ0v) is 15.2. The Labute approximate surface area is 143 Å². The summed E-state index contributed by atoms with van der Waals surface area (Å²) in [7, 11) is 0. The van der Waals surface area contributed by atoms with Gasteiger partial charge in [-0.2, -0.15) is 0 Å². The predicted molar refractivity (Wildman–Crippen MR) is 94.5 cm³/mol. The molecule has 3 heterocycles. The fourth-order valence-corrected chi connectivity index (χ4v) is 4.71. The monoisotopic (exact) mass is 335 g/mol. The first-order chi connectivity index (χ1) is 11.1. The van der Waals surface area contributed by atoms with E-state index in [-0.39, 0.29) is 6.04 Å². The van der Waals surface area contributed by atoms with E-state index in [4.69, 9.17) is 0 Å². The van der Waals surface area contributed by atoms with Crippen molar-refractivity contribution >= 4 is 17.2 Å². The van der Waals surface area contributed by atoms with Gasteiger partial charge in [0, 0.05) is 30.6 Å². The highest BCUT2D eigenvalue weighted by Crippen LogP contribution is 2.33. The molecule has 0 spiro atoms. The number of likely N-dealkylation sites (tertiary alicyclic amines) is 2. The van der Waals surface area contributed by atoms with E-state index in [0.29, 0.717) is 17.9 Å². The smallest absolute Gasteiger partial charge is 0.223 e. The van der Waals surface area contributed by atoms with Crippen molar-refractivity contribution in [2.45, 2.75) is 64.5 Å². The van der Waals surface area contributed by atoms with Gasteiger partial charge in [-0.25, -0.2) is 4.98 Å². The number of nitrogens with zero attached hydrogens (tertiary/aromatic N) is 3. The second-order valence-electron chi connectivity index (χ2n) is 7.25. The minimum Gasteiger partial charge on any atom is -0.333 e. The van der Waals surface area contributed by atoms with E-state index in [2.05, 4.69) is 28.6 Å². The Morgan fingerprint density at radius 3 is 2.70 bits per heavy atom. The summed E-state index contributed by atoms with van der Waals surface area (Å²) in [4.78, 5) is 22.0. The fraction of sp³-hybridized carbons (Fsp3) is 0.778. The average molecular weight is 336 g/mol. The molecule has 0 N–H and O–H groups in total. The zero-order chi connectivity index (χ0) is 16.2. The van der Waals surface area contributed by atoms with Crippen LogP contribution in [0.15, 0.2) is 11.6 Å². The number of thiazole rings is 1. The minimum absolute atomic E-state index is 0.229. The Bertz CT molecular complexity index is 494. The summed E-state index contributed by atoms with van der Waals surface area (Å²) in [6.45, 7) is 7.72. The van der Waals surface area contributed by atoms with Gasteiger partial charge in [-0.3, -0.25) is 4.79 Å². The molecule has 0 unspecified atom stereocenters. The van der Waals surface area contributed by atoms with Crippen molar-refractivity contribution in [3.05, 3.63) is 16.6 Å². The van der Waals surface area contributed by atoms with E-state index in [0.717, 1.165) is 43.9 Å². The van der Waals surface area contributed by atoms with Gasteiger partial charge >= 0.3 is 0 Å². The van der Waals surface area contributed by atoms with Crippen molar-refractivity contribution in [2.75, 3.05) is 19.6 Å². The lowest BCUT2D eigenvalue weighted by atomic mass is 9.91. The number of aromatic nitrogens is 1. The Morgan fingerprint density at radius 2 is 2.04 bits per heavy atom. The quantitative estimate of drug-likeness (QED) is 0.841. The van der Waals surface area contributed by atoms with Crippen LogP contribution in [0.2, 0.25) is 0 Å². The highest BCUT2D eigenvalue weighted by Gasteiger charge is 2.31. The topological polar surface area (TPSA) is 36.4 Å².